The minimum Gasteiger partial charge on any atom is -0.387 e. The molecule has 0 aromatic heterocycles. The molecule has 0 radical (unpaired) electrons. The van der Waals surface area contributed by atoms with Gasteiger partial charge in [0.25, 0.3) is 0 Å². The second-order valence-corrected chi connectivity index (χ2v) is 7.08. The van der Waals surface area contributed by atoms with Gasteiger partial charge in [-0.1, -0.05) is 0 Å². The van der Waals surface area contributed by atoms with Gasteiger partial charge >= 0.3 is 0 Å². The normalized spacial score (nSPS) is 35.0. The Labute approximate surface area is 96.4 Å². The molecule has 2 aliphatic rings. The van der Waals surface area contributed by atoms with E-state index in [2.05, 4.69) is 4.90 Å². The quantitative estimate of drug-likeness (QED) is 0.522. The third-order valence-electron chi connectivity index (χ3n) is 3.62. The average molecular weight is 245 g/mol. The van der Waals surface area contributed by atoms with Crippen LogP contribution in [-0.4, -0.2) is 49.8 Å². The first-order valence-electron chi connectivity index (χ1n) is 5.76. The summed E-state index contributed by atoms with van der Waals surface area (Å²) in [6.45, 7) is 1.71. The van der Waals surface area contributed by atoms with Crippen molar-refractivity contribution in [2.75, 3.05) is 24.6 Å². The molecule has 0 saturated carbocycles. The molecule has 0 spiro atoms. The fourth-order valence-corrected chi connectivity index (χ4v) is 4.42. The van der Waals surface area contributed by atoms with Crippen molar-refractivity contribution in [3.8, 4) is 0 Å². The fraction of sp³-hybridized carbons (Fsp3) is 0.900. The number of nitrogens with zero attached hydrogens (tertiary/aromatic N) is 1. The van der Waals surface area contributed by atoms with Gasteiger partial charge in [-0.05, 0) is 25.8 Å². The first-order valence-corrected chi connectivity index (χ1v) is 7.58. The lowest BCUT2D eigenvalue weighted by Gasteiger charge is -2.35. The third-order valence-corrected chi connectivity index (χ3v) is 5.37. The number of likely N-dealkylation sites (tertiary alicyclic amines) is 1. The molecule has 2 saturated heterocycles. The molecule has 2 rings (SSSR count). The lowest BCUT2D eigenvalue weighted by molar-refractivity contribution is 0.157. The molecular formula is C10H19N3O2S. The molecule has 16 heavy (non-hydrogen) atoms. The van der Waals surface area contributed by atoms with Crippen molar-refractivity contribution >= 4 is 15.7 Å². The topological polar surface area (TPSA) is 87.2 Å². The van der Waals surface area contributed by atoms with E-state index in [0.717, 1.165) is 32.4 Å². The Morgan fingerprint density at radius 2 is 2.12 bits per heavy atom. The van der Waals surface area contributed by atoms with Crippen molar-refractivity contribution in [1.82, 2.24) is 4.90 Å². The highest BCUT2D eigenvalue weighted by atomic mass is 32.2. The molecule has 2 heterocycles. The maximum absolute atomic E-state index is 11.4. The van der Waals surface area contributed by atoms with Crippen LogP contribution in [0.5, 0.6) is 0 Å². The van der Waals surface area contributed by atoms with Crippen molar-refractivity contribution in [3.63, 3.8) is 0 Å². The van der Waals surface area contributed by atoms with E-state index in [1.165, 1.54) is 0 Å². The Balaban J connectivity index is 1.98. The molecular weight excluding hydrogens is 226 g/mol. The summed E-state index contributed by atoms with van der Waals surface area (Å²) in [7, 11) is -2.81. The molecule has 2 fully saturated rings. The van der Waals surface area contributed by atoms with Gasteiger partial charge in [0.2, 0.25) is 0 Å². The molecule has 0 amide bonds. The van der Waals surface area contributed by atoms with E-state index in [0.29, 0.717) is 5.75 Å². The predicted octanol–water partition coefficient (Wildman–Crippen LogP) is -0.179. The Morgan fingerprint density at radius 3 is 2.69 bits per heavy atom. The molecule has 0 bridgehead atoms. The second-order valence-electron chi connectivity index (χ2n) is 4.85. The fourth-order valence-electron chi connectivity index (χ4n) is 2.66. The molecule has 2 atom stereocenters. The van der Waals surface area contributed by atoms with Crippen LogP contribution in [-0.2, 0) is 9.84 Å². The van der Waals surface area contributed by atoms with Gasteiger partial charge in [-0.15, -0.1) is 0 Å². The highest BCUT2D eigenvalue weighted by Crippen LogP contribution is 2.24. The minimum absolute atomic E-state index is 0.122. The molecule has 0 aromatic rings. The molecule has 2 aliphatic heterocycles. The van der Waals surface area contributed by atoms with Crippen LogP contribution in [0, 0.1) is 11.3 Å². The monoisotopic (exact) mass is 245 g/mol. The van der Waals surface area contributed by atoms with Crippen LogP contribution >= 0.6 is 0 Å². The van der Waals surface area contributed by atoms with Crippen molar-refractivity contribution in [2.45, 2.75) is 25.3 Å². The Hall–Kier alpha value is -0.620. The van der Waals surface area contributed by atoms with Crippen LogP contribution in [0.2, 0.25) is 0 Å². The van der Waals surface area contributed by atoms with Crippen molar-refractivity contribution in [2.24, 2.45) is 11.7 Å². The maximum Gasteiger partial charge on any atom is 0.151 e. The zero-order chi connectivity index (χ0) is 11.8. The first-order chi connectivity index (χ1) is 7.48. The molecule has 92 valence electrons. The largest absolute Gasteiger partial charge is 0.387 e. The molecule has 2 unspecified atom stereocenters. The lowest BCUT2D eigenvalue weighted by Crippen LogP contribution is -2.46. The number of nitrogens with one attached hydrogen (secondary N) is 1. The molecule has 0 aromatic carbocycles. The first kappa shape index (κ1) is 11.9. The Kier molecular flexibility index (Phi) is 3.21. The number of hydrogen-bond acceptors (Lipinski definition) is 4. The highest BCUT2D eigenvalue weighted by Gasteiger charge is 2.34. The molecule has 3 N–H and O–H groups in total. The van der Waals surface area contributed by atoms with E-state index in [9.17, 15) is 8.42 Å². The molecule has 6 heteroatoms. The van der Waals surface area contributed by atoms with Crippen LogP contribution < -0.4 is 5.73 Å². The van der Waals surface area contributed by atoms with E-state index < -0.39 is 9.84 Å². The second kappa shape index (κ2) is 4.33. The smallest absolute Gasteiger partial charge is 0.151 e. The minimum atomic E-state index is -2.81. The number of amidine groups is 1. The Morgan fingerprint density at radius 1 is 1.38 bits per heavy atom. The van der Waals surface area contributed by atoms with Gasteiger partial charge in [0.15, 0.2) is 9.84 Å². The van der Waals surface area contributed by atoms with E-state index >= 15 is 0 Å². The SMILES string of the molecule is N=C(N)C1CCCN(C2CCS(=O)(=O)C2)C1. The zero-order valence-electron chi connectivity index (χ0n) is 9.35. The summed E-state index contributed by atoms with van der Waals surface area (Å²) in [6.07, 6.45) is 2.72. The average Bonchev–Trinajstić information content (AvgIpc) is 2.59. The number of rotatable bonds is 2. The highest BCUT2D eigenvalue weighted by molar-refractivity contribution is 7.91. The van der Waals surface area contributed by atoms with Gasteiger partial charge in [0.1, 0.15) is 0 Å². The van der Waals surface area contributed by atoms with Crippen LogP contribution in [0.25, 0.3) is 0 Å². The van der Waals surface area contributed by atoms with Crippen molar-refractivity contribution in [1.29, 1.82) is 5.41 Å². The Bertz CT molecular complexity index is 380. The number of sulfone groups is 1. The van der Waals surface area contributed by atoms with Crippen LogP contribution in [0.15, 0.2) is 0 Å². The van der Waals surface area contributed by atoms with Crippen LogP contribution in [0.1, 0.15) is 19.3 Å². The van der Waals surface area contributed by atoms with E-state index in [-0.39, 0.29) is 23.5 Å². The van der Waals surface area contributed by atoms with Gasteiger partial charge in [-0.2, -0.15) is 0 Å². The predicted molar refractivity (Wildman–Crippen MR) is 63.3 cm³/mol. The van der Waals surface area contributed by atoms with E-state index in [1.807, 2.05) is 0 Å². The lowest BCUT2D eigenvalue weighted by atomic mass is 9.95. The van der Waals surface area contributed by atoms with E-state index in [4.69, 9.17) is 11.1 Å². The summed E-state index contributed by atoms with van der Waals surface area (Å²) >= 11 is 0. The molecule has 0 aliphatic carbocycles. The van der Waals surface area contributed by atoms with Gasteiger partial charge in [-0.3, -0.25) is 10.3 Å². The number of nitrogens with two attached hydrogens (primary N) is 1. The van der Waals surface area contributed by atoms with Crippen LogP contribution in [0.3, 0.4) is 0 Å². The summed E-state index contributed by atoms with van der Waals surface area (Å²) < 4.78 is 22.8. The van der Waals surface area contributed by atoms with Crippen LogP contribution in [0.4, 0.5) is 0 Å². The molecule has 5 nitrogen and oxygen atoms in total. The van der Waals surface area contributed by atoms with Crippen molar-refractivity contribution < 1.29 is 8.42 Å². The van der Waals surface area contributed by atoms with Gasteiger partial charge in [-0.25, -0.2) is 8.42 Å². The maximum atomic E-state index is 11.4. The van der Waals surface area contributed by atoms with Gasteiger partial charge < -0.3 is 5.73 Å². The summed E-state index contributed by atoms with van der Waals surface area (Å²) in [4.78, 5) is 2.21. The summed E-state index contributed by atoms with van der Waals surface area (Å²) in [6, 6.07) is 0.159. The number of piperidine rings is 1. The number of hydrogen-bond donors (Lipinski definition) is 2. The summed E-state index contributed by atoms with van der Waals surface area (Å²) in [5, 5.41) is 7.46. The standard InChI is InChI=1S/C10H19N3O2S/c11-10(12)8-2-1-4-13(6-8)9-3-5-16(14,15)7-9/h8-9H,1-7H2,(H3,11,12). The van der Waals surface area contributed by atoms with Crippen molar-refractivity contribution in [3.05, 3.63) is 0 Å². The summed E-state index contributed by atoms with van der Waals surface area (Å²) in [5.74, 6) is 0.971. The third kappa shape index (κ3) is 2.55. The van der Waals surface area contributed by atoms with Gasteiger partial charge in [0.05, 0.1) is 17.3 Å². The van der Waals surface area contributed by atoms with E-state index in [1.54, 1.807) is 0 Å². The van der Waals surface area contributed by atoms with Gasteiger partial charge in [0, 0.05) is 18.5 Å². The summed E-state index contributed by atoms with van der Waals surface area (Å²) in [5.41, 5.74) is 5.52. The zero-order valence-corrected chi connectivity index (χ0v) is 10.2.